The third-order valence-corrected chi connectivity index (χ3v) is 5.50. The van der Waals surface area contributed by atoms with Gasteiger partial charge in [0.05, 0.1) is 17.9 Å². The van der Waals surface area contributed by atoms with Crippen molar-refractivity contribution < 1.29 is 23.1 Å². The highest BCUT2D eigenvalue weighted by molar-refractivity contribution is 5.96. The molecule has 0 spiro atoms. The molecule has 2 heterocycles. The summed E-state index contributed by atoms with van der Waals surface area (Å²) in [6, 6.07) is 9.93. The maximum atomic E-state index is 14.0. The van der Waals surface area contributed by atoms with Crippen LogP contribution in [0.3, 0.4) is 0 Å². The predicted molar refractivity (Wildman–Crippen MR) is 121 cm³/mol. The Bertz CT molecular complexity index is 1270. The molecule has 0 fully saturated rings. The van der Waals surface area contributed by atoms with E-state index in [2.05, 4.69) is 15.4 Å². The van der Waals surface area contributed by atoms with Crippen LogP contribution >= 0.6 is 0 Å². The largest absolute Gasteiger partial charge is 0.463 e. The van der Waals surface area contributed by atoms with Crippen molar-refractivity contribution in [3.8, 4) is 0 Å². The molecule has 0 aliphatic carbocycles. The first-order valence-corrected chi connectivity index (χ1v) is 10.7. The molecule has 1 aliphatic heterocycles. The number of fused-ring (bicyclic) bond motifs is 1. The van der Waals surface area contributed by atoms with Crippen molar-refractivity contribution in [2.45, 2.75) is 26.8 Å². The van der Waals surface area contributed by atoms with Gasteiger partial charge in [0.1, 0.15) is 30.5 Å². The summed E-state index contributed by atoms with van der Waals surface area (Å²) in [5.41, 5.74) is 2.47. The van der Waals surface area contributed by atoms with E-state index < -0.39 is 29.6 Å². The molecule has 1 aliphatic rings. The molecule has 2 aromatic carbocycles. The van der Waals surface area contributed by atoms with Crippen molar-refractivity contribution in [3.05, 3.63) is 82.8 Å². The fourth-order valence-electron chi connectivity index (χ4n) is 3.87. The van der Waals surface area contributed by atoms with E-state index in [-0.39, 0.29) is 18.8 Å². The molecule has 1 amide bonds. The molecule has 0 radical (unpaired) electrons. The van der Waals surface area contributed by atoms with E-state index in [0.717, 1.165) is 23.3 Å². The second kappa shape index (κ2) is 9.42. The average molecular weight is 467 g/mol. The van der Waals surface area contributed by atoms with Gasteiger partial charge in [-0.1, -0.05) is 29.8 Å². The lowest BCUT2D eigenvalue weighted by Crippen LogP contribution is -2.41. The van der Waals surface area contributed by atoms with E-state index in [1.165, 1.54) is 11.2 Å². The summed E-state index contributed by atoms with van der Waals surface area (Å²) in [7, 11) is 0. The zero-order valence-corrected chi connectivity index (χ0v) is 18.9. The van der Waals surface area contributed by atoms with Crippen LogP contribution in [0.5, 0.6) is 0 Å². The maximum absolute atomic E-state index is 14.0. The van der Waals surface area contributed by atoms with Gasteiger partial charge in [-0.05, 0) is 38.5 Å². The van der Waals surface area contributed by atoms with Gasteiger partial charge in [0.2, 0.25) is 11.9 Å². The number of aryl methyl sites for hydroxylation is 1. The number of benzene rings is 2. The number of ether oxygens (including phenoxy) is 1. The highest BCUT2D eigenvalue weighted by atomic mass is 19.1. The number of aromatic nitrogens is 3. The molecular weight excluding hydrogens is 444 g/mol. The van der Waals surface area contributed by atoms with Gasteiger partial charge in [-0.25, -0.2) is 18.3 Å². The molecule has 1 aromatic heterocycles. The minimum Gasteiger partial charge on any atom is -0.463 e. The summed E-state index contributed by atoms with van der Waals surface area (Å²) >= 11 is 0. The Hall–Kier alpha value is -4.08. The van der Waals surface area contributed by atoms with E-state index in [1.807, 2.05) is 31.2 Å². The molecule has 8 nitrogen and oxygen atoms in total. The van der Waals surface area contributed by atoms with Gasteiger partial charge >= 0.3 is 5.97 Å². The SMILES string of the molecule is CCOC(=O)C1=C(C)N(CC(=O)Nc2ccc(F)cc2F)c2ncnn2[C@@H]1c1ccc(C)cc1. The van der Waals surface area contributed by atoms with Crippen molar-refractivity contribution in [2.75, 3.05) is 23.4 Å². The number of nitrogens with zero attached hydrogens (tertiary/aromatic N) is 4. The summed E-state index contributed by atoms with van der Waals surface area (Å²) < 4.78 is 34.1. The number of anilines is 2. The lowest BCUT2D eigenvalue weighted by atomic mass is 9.94. The normalized spacial score (nSPS) is 15.2. The Morgan fingerprint density at radius 3 is 2.53 bits per heavy atom. The van der Waals surface area contributed by atoms with E-state index in [1.54, 1.807) is 18.5 Å². The number of esters is 1. The van der Waals surface area contributed by atoms with Crippen molar-refractivity contribution in [1.82, 2.24) is 14.8 Å². The number of nitrogens with one attached hydrogen (secondary N) is 1. The Kier molecular flexibility index (Phi) is 6.40. The van der Waals surface area contributed by atoms with Crippen molar-refractivity contribution in [1.29, 1.82) is 0 Å². The predicted octanol–water partition coefficient (Wildman–Crippen LogP) is 3.75. The zero-order valence-electron chi connectivity index (χ0n) is 18.9. The Morgan fingerprint density at radius 1 is 1.12 bits per heavy atom. The van der Waals surface area contributed by atoms with Crippen LogP contribution in [-0.4, -0.2) is 39.8 Å². The van der Waals surface area contributed by atoms with E-state index >= 15 is 0 Å². The summed E-state index contributed by atoms with van der Waals surface area (Å²) in [4.78, 5) is 31.6. The van der Waals surface area contributed by atoms with Crippen LogP contribution in [0.15, 0.2) is 60.1 Å². The zero-order chi connectivity index (χ0) is 24.4. The second-order valence-electron chi connectivity index (χ2n) is 7.80. The fourth-order valence-corrected chi connectivity index (χ4v) is 3.87. The number of allylic oxidation sites excluding steroid dienone is 1. The lowest BCUT2D eigenvalue weighted by molar-refractivity contribution is -0.139. The Balaban J connectivity index is 1.72. The fraction of sp³-hybridized carbons (Fsp3) is 0.250. The summed E-state index contributed by atoms with van der Waals surface area (Å²) in [6.07, 6.45) is 1.34. The van der Waals surface area contributed by atoms with E-state index in [0.29, 0.717) is 23.3 Å². The molecule has 0 saturated carbocycles. The highest BCUT2D eigenvalue weighted by Gasteiger charge is 2.38. The first kappa shape index (κ1) is 23.1. The third-order valence-electron chi connectivity index (χ3n) is 5.50. The molecule has 1 N–H and O–H groups in total. The lowest BCUT2D eigenvalue weighted by Gasteiger charge is -2.35. The number of hydrogen-bond donors (Lipinski definition) is 1. The number of hydrogen-bond acceptors (Lipinski definition) is 6. The van der Waals surface area contributed by atoms with Gasteiger partial charge < -0.3 is 15.0 Å². The Morgan fingerprint density at radius 2 is 1.85 bits per heavy atom. The second-order valence-corrected chi connectivity index (χ2v) is 7.80. The number of carbonyl (C=O) groups is 2. The summed E-state index contributed by atoms with van der Waals surface area (Å²) in [5, 5.41) is 6.75. The molecule has 4 rings (SSSR count). The van der Waals surface area contributed by atoms with Gasteiger partial charge in [0, 0.05) is 11.8 Å². The molecule has 176 valence electrons. The molecule has 10 heteroatoms. The standard InChI is InChI=1S/C24H23F2N5O3/c1-4-34-23(33)21-15(3)30(12-20(32)29-19-10-9-17(25)11-18(19)26)24-27-13-28-31(24)22(21)16-7-5-14(2)6-8-16/h5-11,13,22H,4,12H2,1-3H3,(H,29,32)/t22-/m1/s1. The number of amides is 1. The van der Waals surface area contributed by atoms with Crippen LogP contribution in [0, 0.1) is 18.6 Å². The topological polar surface area (TPSA) is 89.3 Å². The number of halogens is 2. The summed E-state index contributed by atoms with van der Waals surface area (Å²) in [6.45, 7) is 5.25. The van der Waals surface area contributed by atoms with Gasteiger partial charge in [-0.2, -0.15) is 10.1 Å². The molecule has 0 bridgehead atoms. The van der Waals surface area contributed by atoms with Crippen LogP contribution < -0.4 is 10.2 Å². The van der Waals surface area contributed by atoms with Crippen molar-refractivity contribution in [2.24, 2.45) is 0 Å². The molecule has 3 aromatic rings. The molecular formula is C24H23F2N5O3. The van der Waals surface area contributed by atoms with Gasteiger partial charge in [0.15, 0.2) is 0 Å². The highest BCUT2D eigenvalue weighted by Crippen LogP contribution is 2.38. The first-order chi connectivity index (χ1) is 16.3. The van der Waals surface area contributed by atoms with Gasteiger partial charge in [-0.15, -0.1) is 0 Å². The van der Waals surface area contributed by atoms with Crippen LogP contribution in [0.4, 0.5) is 20.4 Å². The molecule has 34 heavy (non-hydrogen) atoms. The third kappa shape index (κ3) is 4.39. The first-order valence-electron chi connectivity index (χ1n) is 10.7. The van der Waals surface area contributed by atoms with Gasteiger partial charge in [0.25, 0.3) is 0 Å². The minimum atomic E-state index is -0.894. The average Bonchev–Trinajstić information content (AvgIpc) is 3.27. The molecule has 0 unspecified atom stereocenters. The van der Waals surface area contributed by atoms with Crippen LogP contribution in [0.2, 0.25) is 0 Å². The van der Waals surface area contributed by atoms with Crippen LogP contribution in [0.1, 0.15) is 31.0 Å². The van der Waals surface area contributed by atoms with Crippen LogP contribution in [0.25, 0.3) is 0 Å². The van der Waals surface area contributed by atoms with E-state index in [9.17, 15) is 18.4 Å². The van der Waals surface area contributed by atoms with Crippen LogP contribution in [-0.2, 0) is 14.3 Å². The minimum absolute atomic E-state index is 0.158. The quantitative estimate of drug-likeness (QED) is 0.556. The molecule has 1 atom stereocenters. The monoisotopic (exact) mass is 467 g/mol. The van der Waals surface area contributed by atoms with E-state index in [4.69, 9.17) is 4.74 Å². The number of carbonyl (C=O) groups excluding carboxylic acids is 2. The maximum Gasteiger partial charge on any atom is 0.338 e. The number of rotatable bonds is 6. The van der Waals surface area contributed by atoms with Crippen molar-refractivity contribution in [3.63, 3.8) is 0 Å². The Labute approximate surface area is 194 Å². The molecule has 0 saturated heterocycles. The van der Waals surface area contributed by atoms with Crippen molar-refractivity contribution >= 4 is 23.5 Å². The summed E-state index contributed by atoms with van der Waals surface area (Å²) in [5.74, 6) is -2.43. The smallest absolute Gasteiger partial charge is 0.338 e. The van der Waals surface area contributed by atoms with Gasteiger partial charge in [-0.3, -0.25) is 4.79 Å².